The van der Waals surface area contributed by atoms with Gasteiger partial charge < -0.3 is 5.11 Å². The molecule has 0 aliphatic carbocycles. The molecule has 1 fully saturated rings. The van der Waals surface area contributed by atoms with Gasteiger partial charge in [-0.2, -0.15) is 0 Å². The number of carboxylic acids is 1. The van der Waals surface area contributed by atoms with Crippen molar-refractivity contribution < 1.29 is 23.5 Å². The van der Waals surface area contributed by atoms with Gasteiger partial charge in [-0.15, -0.1) is 0 Å². The maximum Gasteiger partial charge on any atom is 0.306 e. The van der Waals surface area contributed by atoms with Crippen molar-refractivity contribution in [3.8, 4) is 0 Å². The van der Waals surface area contributed by atoms with Crippen molar-refractivity contribution in [2.24, 2.45) is 5.92 Å². The van der Waals surface area contributed by atoms with Gasteiger partial charge in [0.05, 0.1) is 17.5 Å². The average molecular weight is 311 g/mol. The first kappa shape index (κ1) is 16.5. The van der Waals surface area contributed by atoms with Gasteiger partial charge in [-0.25, -0.2) is 8.78 Å². The summed E-state index contributed by atoms with van der Waals surface area (Å²) >= 11 is 0. The number of benzene rings is 1. The number of carboxylic acid groups (broad SMARTS) is 1. The normalized spacial score (nSPS) is 18.1. The fraction of sp³-hybridized carbons (Fsp3) is 0.500. The second kappa shape index (κ2) is 6.96. The van der Waals surface area contributed by atoms with Crippen LogP contribution in [-0.4, -0.2) is 40.9 Å². The standard InChI is InChI=1S/C16H19F2NO3/c1-2-14(19-7-5-10(6-8-19)16(21)22)15(20)12-9-11(17)3-4-13(12)18/h3-4,9-10,14H,2,5-8H2,1H3,(H,21,22). The number of hydrogen-bond donors (Lipinski definition) is 1. The number of aliphatic carboxylic acids is 1. The first-order valence-electron chi connectivity index (χ1n) is 7.40. The molecule has 22 heavy (non-hydrogen) atoms. The third kappa shape index (κ3) is 3.50. The van der Waals surface area contributed by atoms with E-state index in [1.54, 1.807) is 0 Å². The Morgan fingerprint density at radius 3 is 2.50 bits per heavy atom. The van der Waals surface area contributed by atoms with Crippen LogP contribution in [0.3, 0.4) is 0 Å². The number of likely N-dealkylation sites (tertiary alicyclic amines) is 1. The van der Waals surface area contributed by atoms with Gasteiger partial charge in [-0.1, -0.05) is 6.92 Å². The molecule has 0 bridgehead atoms. The monoisotopic (exact) mass is 311 g/mol. The molecule has 1 heterocycles. The molecule has 1 aromatic rings. The van der Waals surface area contributed by atoms with Crippen LogP contribution in [0, 0.1) is 17.6 Å². The minimum absolute atomic E-state index is 0.243. The van der Waals surface area contributed by atoms with Gasteiger partial charge in [0.1, 0.15) is 11.6 Å². The number of carbonyl (C=O) groups is 2. The minimum atomic E-state index is -0.824. The maximum absolute atomic E-state index is 13.8. The first-order valence-corrected chi connectivity index (χ1v) is 7.40. The second-order valence-corrected chi connectivity index (χ2v) is 5.56. The maximum atomic E-state index is 13.8. The van der Waals surface area contributed by atoms with E-state index in [9.17, 15) is 18.4 Å². The number of piperidine rings is 1. The van der Waals surface area contributed by atoms with E-state index in [4.69, 9.17) is 5.11 Å². The number of ketones is 1. The van der Waals surface area contributed by atoms with Crippen LogP contribution in [-0.2, 0) is 4.79 Å². The molecule has 1 aliphatic rings. The lowest BCUT2D eigenvalue weighted by Gasteiger charge is -2.35. The van der Waals surface area contributed by atoms with Crippen LogP contribution in [0.15, 0.2) is 18.2 Å². The Balaban J connectivity index is 2.13. The molecule has 0 spiro atoms. The summed E-state index contributed by atoms with van der Waals surface area (Å²) in [5.41, 5.74) is -0.243. The lowest BCUT2D eigenvalue weighted by molar-refractivity contribution is -0.143. The first-order chi connectivity index (χ1) is 10.4. The van der Waals surface area contributed by atoms with Crippen LogP contribution < -0.4 is 0 Å². The van der Waals surface area contributed by atoms with E-state index < -0.39 is 35.3 Å². The largest absolute Gasteiger partial charge is 0.481 e. The summed E-state index contributed by atoms with van der Waals surface area (Å²) in [6.07, 6.45) is 1.39. The molecule has 120 valence electrons. The van der Waals surface area contributed by atoms with Crippen LogP contribution >= 0.6 is 0 Å². The highest BCUT2D eigenvalue weighted by molar-refractivity contribution is 6.00. The summed E-state index contributed by atoms with van der Waals surface area (Å²) in [6, 6.07) is 2.30. The zero-order chi connectivity index (χ0) is 16.3. The van der Waals surface area contributed by atoms with Crippen molar-refractivity contribution in [3.63, 3.8) is 0 Å². The molecule has 1 unspecified atom stereocenters. The number of Topliss-reactive ketones (excluding diaryl/α,β-unsaturated/α-hetero) is 1. The van der Waals surface area contributed by atoms with Gasteiger partial charge in [0.25, 0.3) is 0 Å². The molecule has 2 rings (SSSR count). The lowest BCUT2D eigenvalue weighted by Crippen LogP contribution is -2.46. The molecule has 0 aromatic heterocycles. The van der Waals surface area contributed by atoms with E-state index in [1.165, 1.54) is 0 Å². The number of halogens is 2. The molecule has 0 radical (unpaired) electrons. The quantitative estimate of drug-likeness (QED) is 0.850. The summed E-state index contributed by atoms with van der Waals surface area (Å²) in [6.45, 7) is 2.75. The van der Waals surface area contributed by atoms with E-state index >= 15 is 0 Å². The Labute approximate surface area is 127 Å². The fourth-order valence-electron chi connectivity index (χ4n) is 2.93. The van der Waals surface area contributed by atoms with Crippen LogP contribution in [0.4, 0.5) is 8.78 Å². The topological polar surface area (TPSA) is 57.6 Å². The molecular formula is C16H19F2NO3. The van der Waals surface area contributed by atoms with Gasteiger partial charge in [0, 0.05) is 0 Å². The summed E-state index contributed by atoms with van der Waals surface area (Å²) in [4.78, 5) is 25.3. The van der Waals surface area contributed by atoms with E-state index in [-0.39, 0.29) is 5.56 Å². The molecule has 1 aromatic carbocycles. The summed E-state index contributed by atoms with van der Waals surface area (Å²) in [7, 11) is 0. The Morgan fingerprint density at radius 1 is 1.32 bits per heavy atom. The van der Waals surface area contributed by atoms with Crippen molar-refractivity contribution in [1.82, 2.24) is 4.90 Å². The Bertz CT molecular complexity index is 569. The lowest BCUT2D eigenvalue weighted by atomic mass is 9.93. The van der Waals surface area contributed by atoms with E-state index in [0.717, 1.165) is 18.2 Å². The van der Waals surface area contributed by atoms with Crippen molar-refractivity contribution >= 4 is 11.8 Å². The number of nitrogens with zero attached hydrogens (tertiary/aromatic N) is 1. The molecule has 1 N–H and O–H groups in total. The highest BCUT2D eigenvalue weighted by Gasteiger charge is 2.32. The molecule has 1 saturated heterocycles. The Morgan fingerprint density at radius 2 is 1.95 bits per heavy atom. The van der Waals surface area contributed by atoms with E-state index in [0.29, 0.717) is 32.4 Å². The molecule has 6 heteroatoms. The third-order valence-corrected chi connectivity index (χ3v) is 4.20. The van der Waals surface area contributed by atoms with Crippen LogP contribution in [0.2, 0.25) is 0 Å². The van der Waals surface area contributed by atoms with Crippen molar-refractivity contribution in [1.29, 1.82) is 0 Å². The highest BCUT2D eigenvalue weighted by atomic mass is 19.1. The highest BCUT2D eigenvalue weighted by Crippen LogP contribution is 2.23. The molecule has 1 atom stereocenters. The number of rotatable bonds is 5. The Hall–Kier alpha value is -1.82. The van der Waals surface area contributed by atoms with Crippen LogP contribution in [0.1, 0.15) is 36.5 Å². The minimum Gasteiger partial charge on any atom is -0.481 e. The number of carbonyl (C=O) groups excluding carboxylic acids is 1. The summed E-state index contributed by atoms with van der Waals surface area (Å²) < 4.78 is 27.0. The summed E-state index contributed by atoms with van der Waals surface area (Å²) in [5.74, 6) is -3.05. The molecule has 0 saturated carbocycles. The predicted octanol–water partition coefficient (Wildman–Crippen LogP) is 2.72. The smallest absolute Gasteiger partial charge is 0.306 e. The zero-order valence-corrected chi connectivity index (χ0v) is 12.4. The van der Waals surface area contributed by atoms with Gasteiger partial charge in [-0.3, -0.25) is 14.5 Å². The number of hydrogen-bond acceptors (Lipinski definition) is 3. The zero-order valence-electron chi connectivity index (χ0n) is 12.4. The van der Waals surface area contributed by atoms with Gasteiger partial charge >= 0.3 is 5.97 Å². The second-order valence-electron chi connectivity index (χ2n) is 5.56. The molecule has 1 aliphatic heterocycles. The van der Waals surface area contributed by atoms with Gasteiger partial charge in [-0.05, 0) is 50.6 Å². The summed E-state index contributed by atoms with van der Waals surface area (Å²) in [5, 5.41) is 9.00. The molecular weight excluding hydrogens is 292 g/mol. The fourth-order valence-corrected chi connectivity index (χ4v) is 2.93. The van der Waals surface area contributed by atoms with Crippen molar-refractivity contribution in [2.75, 3.05) is 13.1 Å². The predicted molar refractivity (Wildman–Crippen MR) is 76.7 cm³/mol. The van der Waals surface area contributed by atoms with Crippen LogP contribution in [0.25, 0.3) is 0 Å². The van der Waals surface area contributed by atoms with E-state index in [1.807, 2.05) is 11.8 Å². The van der Waals surface area contributed by atoms with Gasteiger partial charge in [0.2, 0.25) is 0 Å². The third-order valence-electron chi connectivity index (χ3n) is 4.20. The SMILES string of the molecule is CCC(C(=O)c1cc(F)ccc1F)N1CCC(C(=O)O)CC1. The van der Waals surface area contributed by atoms with Crippen molar-refractivity contribution in [3.05, 3.63) is 35.4 Å². The molecule has 0 amide bonds. The average Bonchev–Trinajstić information content (AvgIpc) is 2.50. The molecule has 4 nitrogen and oxygen atoms in total. The Kier molecular flexibility index (Phi) is 5.24. The van der Waals surface area contributed by atoms with Gasteiger partial charge in [0.15, 0.2) is 5.78 Å². The van der Waals surface area contributed by atoms with Crippen LogP contribution in [0.5, 0.6) is 0 Å². The van der Waals surface area contributed by atoms with Crippen molar-refractivity contribution in [2.45, 2.75) is 32.2 Å². The van der Waals surface area contributed by atoms with E-state index in [2.05, 4.69) is 0 Å².